The van der Waals surface area contributed by atoms with Crippen molar-refractivity contribution in [2.24, 2.45) is 0 Å². The molecule has 1 heterocycles. The van der Waals surface area contributed by atoms with E-state index in [0.717, 1.165) is 5.56 Å². The maximum absolute atomic E-state index is 11.4. The van der Waals surface area contributed by atoms with Gasteiger partial charge in [-0.1, -0.05) is 0 Å². The van der Waals surface area contributed by atoms with E-state index in [4.69, 9.17) is 0 Å². The van der Waals surface area contributed by atoms with Crippen LogP contribution in [0.2, 0.25) is 0 Å². The second-order valence-electron chi connectivity index (χ2n) is 3.72. The van der Waals surface area contributed by atoms with Gasteiger partial charge in [-0.3, -0.25) is 19.9 Å². The second-order valence-corrected chi connectivity index (χ2v) is 3.72. The Morgan fingerprint density at radius 1 is 1.12 bits per heavy atom. The third-order valence-corrected chi connectivity index (χ3v) is 2.71. The third-order valence-electron chi connectivity index (χ3n) is 2.71. The lowest BCUT2D eigenvalue weighted by Gasteiger charge is -1.98. The van der Waals surface area contributed by atoms with Crippen LogP contribution in [0, 0.1) is 10.1 Å². The molecule has 0 saturated carbocycles. The minimum absolute atomic E-state index is 0.0100. The Morgan fingerprint density at radius 2 is 1.82 bits per heavy atom. The predicted molar refractivity (Wildman–Crippen MR) is 62.5 cm³/mol. The van der Waals surface area contributed by atoms with Crippen molar-refractivity contribution in [2.75, 3.05) is 0 Å². The fourth-order valence-corrected chi connectivity index (χ4v) is 1.79. The lowest BCUT2D eigenvalue weighted by atomic mass is 10.1. The minimum atomic E-state index is -0.459. The Labute approximate surface area is 95.2 Å². The monoisotopic (exact) mass is 226 g/mol. The molecule has 0 aliphatic rings. The molecule has 0 bridgehead atoms. The molecule has 17 heavy (non-hydrogen) atoms. The Bertz CT molecular complexity index is 737. The lowest BCUT2D eigenvalue weighted by molar-refractivity contribution is -0.384. The van der Waals surface area contributed by atoms with Crippen molar-refractivity contribution in [3.8, 4) is 11.3 Å². The van der Waals surface area contributed by atoms with Crippen LogP contribution in [-0.2, 0) is 0 Å². The van der Waals surface area contributed by atoms with Crippen molar-refractivity contribution in [3.63, 3.8) is 0 Å². The van der Waals surface area contributed by atoms with Gasteiger partial charge >= 0.3 is 0 Å². The smallest absolute Gasteiger partial charge is 0.269 e. The van der Waals surface area contributed by atoms with E-state index >= 15 is 0 Å². The molecule has 5 nitrogen and oxygen atoms in total. The van der Waals surface area contributed by atoms with Gasteiger partial charge in [0, 0.05) is 29.3 Å². The quantitative estimate of drug-likeness (QED) is 0.495. The zero-order valence-corrected chi connectivity index (χ0v) is 8.58. The number of hydrogen-bond acceptors (Lipinski definition) is 4. The summed E-state index contributed by atoms with van der Waals surface area (Å²) in [5.41, 5.74) is 1.36. The highest BCUT2D eigenvalue weighted by Crippen LogP contribution is 2.28. The maximum atomic E-state index is 11.4. The number of aromatic nitrogens is 1. The fraction of sp³-hybridized carbons (Fsp3) is 0. The number of non-ortho nitro benzene ring substituents is 1. The van der Waals surface area contributed by atoms with Crippen molar-refractivity contribution >= 4 is 16.5 Å². The maximum Gasteiger partial charge on any atom is 0.269 e. The predicted octanol–water partition coefficient (Wildman–Crippen LogP) is 2.05. The summed E-state index contributed by atoms with van der Waals surface area (Å²) in [6.45, 7) is 0. The van der Waals surface area contributed by atoms with Gasteiger partial charge in [0.1, 0.15) is 0 Å². The van der Waals surface area contributed by atoms with E-state index in [9.17, 15) is 14.9 Å². The van der Waals surface area contributed by atoms with Crippen molar-refractivity contribution in [1.82, 2.24) is 4.98 Å². The average Bonchev–Trinajstić information content (AvgIpc) is 3.01. The molecule has 3 aromatic rings. The molecular formula is C12H6N2O3. The first-order valence-electron chi connectivity index (χ1n) is 4.97. The molecule has 3 rings (SSSR count). The number of benzene rings is 1. The first kappa shape index (κ1) is 9.65. The summed E-state index contributed by atoms with van der Waals surface area (Å²) in [6.07, 6.45) is 1.57. The number of pyridine rings is 1. The van der Waals surface area contributed by atoms with E-state index in [1.807, 2.05) is 0 Å². The van der Waals surface area contributed by atoms with Gasteiger partial charge in [0.15, 0.2) is 5.43 Å². The van der Waals surface area contributed by atoms with Crippen molar-refractivity contribution in [1.29, 1.82) is 0 Å². The van der Waals surface area contributed by atoms with Gasteiger partial charge in [0.25, 0.3) is 5.69 Å². The second kappa shape index (κ2) is 3.21. The Morgan fingerprint density at radius 3 is 2.47 bits per heavy atom. The standard InChI is InChI=1S/C12H6N2O3/c15-12-9-5-6-13-11(10(9)12)7-1-3-8(4-2-7)14(16)17/h1-6H. The molecular weight excluding hydrogens is 220 g/mol. The molecule has 82 valence electrons. The molecule has 0 unspecified atom stereocenters. The van der Waals surface area contributed by atoms with E-state index in [1.165, 1.54) is 12.1 Å². The summed E-state index contributed by atoms with van der Waals surface area (Å²) in [4.78, 5) is 25.6. The van der Waals surface area contributed by atoms with Crippen LogP contribution in [0.1, 0.15) is 0 Å². The Balaban J connectivity index is 2.11. The molecule has 5 heteroatoms. The molecule has 0 fully saturated rings. The average molecular weight is 226 g/mol. The molecule has 0 amide bonds. The topological polar surface area (TPSA) is 73.1 Å². The summed E-state index contributed by atoms with van der Waals surface area (Å²) in [6, 6.07) is 7.69. The van der Waals surface area contributed by atoms with Crippen molar-refractivity contribution < 1.29 is 4.92 Å². The summed E-state index contributed by atoms with van der Waals surface area (Å²) < 4.78 is 0. The van der Waals surface area contributed by atoms with Gasteiger partial charge < -0.3 is 0 Å². The van der Waals surface area contributed by atoms with E-state index in [1.54, 1.807) is 24.4 Å². The van der Waals surface area contributed by atoms with Gasteiger partial charge in [0.2, 0.25) is 0 Å². The van der Waals surface area contributed by atoms with Crippen molar-refractivity contribution in [3.05, 3.63) is 56.9 Å². The first-order chi connectivity index (χ1) is 8.18. The van der Waals surface area contributed by atoms with Crippen LogP contribution in [0.4, 0.5) is 5.69 Å². The highest BCUT2D eigenvalue weighted by atomic mass is 16.6. The van der Waals surface area contributed by atoms with Crippen molar-refractivity contribution in [2.45, 2.75) is 0 Å². The highest BCUT2D eigenvalue weighted by molar-refractivity contribution is 6.06. The van der Waals surface area contributed by atoms with Crippen LogP contribution in [0.3, 0.4) is 0 Å². The molecule has 0 N–H and O–H groups in total. The number of nitro benzene ring substituents is 1. The van der Waals surface area contributed by atoms with Crippen LogP contribution in [0.5, 0.6) is 0 Å². The minimum Gasteiger partial charge on any atom is -0.288 e. The molecule has 0 aliphatic carbocycles. The molecule has 0 saturated heterocycles. The first-order valence-corrected chi connectivity index (χ1v) is 4.97. The molecule has 0 aliphatic heterocycles. The fourth-order valence-electron chi connectivity index (χ4n) is 1.79. The van der Waals surface area contributed by atoms with Crippen LogP contribution >= 0.6 is 0 Å². The third kappa shape index (κ3) is 1.40. The normalized spacial score (nSPS) is 11.1. The summed E-state index contributed by atoms with van der Waals surface area (Å²) in [7, 11) is 0. The Kier molecular flexibility index (Phi) is 1.82. The van der Waals surface area contributed by atoms with Crippen LogP contribution in [0.15, 0.2) is 41.3 Å². The molecule has 0 radical (unpaired) electrons. The number of fused-ring (bicyclic) bond motifs is 1. The number of hydrogen-bond donors (Lipinski definition) is 0. The van der Waals surface area contributed by atoms with Crippen LogP contribution in [-0.4, -0.2) is 9.91 Å². The number of nitrogens with zero attached hydrogens (tertiary/aromatic N) is 2. The zero-order chi connectivity index (χ0) is 12.0. The number of nitro groups is 1. The van der Waals surface area contributed by atoms with E-state index < -0.39 is 4.92 Å². The van der Waals surface area contributed by atoms with Crippen LogP contribution < -0.4 is 5.43 Å². The van der Waals surface area contributed by atoms with E-state index in [2.05, 4.69) is 4.98 Å². The van der Waals surface area contributed by atoms with Crippen LogP contribution in [0.25, 0.3) is 22.0 Å². The van der Waals surface area contributed by atoms with Gasteiger partial charge in [-0.05, 0) is 18.2 Å². The highest BCUT2D eigenvalue weighted by Gasteiger charge is 2.18. The molecule has 0 spiro atoms. The van der Waals surface area contributed by atoms with E-state index in [0.29, 0.717) is 16.5 Å². The molecule has 0 atom stereocenters. The summed E-state index contributed by atoms with van der Waals surface area (Å²) in [5, 5.41) is 11.8. The van der Waals surface area contributed by atoms with Gasteiger partial charge in [0.05, 0.1) is 16.0 Å². The van der Waals surface area contributed by atoms with Gasteiger partial charge in [-0.25, -0.2) is 0 Å². The largest absolute Gasteiger partial charge is 0.288 e. The van der Waals surface area contributed by atoms with Gasteiger partial charge in [-0.2, -0.15) is 0 Å². The summed E-state index contributed by atoms with van der Waals surface area (Å²) in [5.74, 6) is 0. The number of rotatable bonds is 2. The lowest BCUT2D eigenvalue weighted by Crippen LogP contribution is -1.88. The summed E-state index contributed by atoms with van der Waals surface area (Å²) >= 11 is 0. The Hall–Kier alpha value is -2.56. The van der Waals surface area contributed by atoms with Gasteiger partial charge in [-0.15, -0.1) is 0 Å². The zero-order valence-electron chi connectivity index (χ0n) is 8.58. The molecule has 2 aromatic carbocycles. The molecule has 1 aromatic heterocycles. The SMILES string of the molecule is O=c1c2ccnc(-c3ccc([N+](=O)[O-])cc3)c12. The van der Waals surface area contributed by atoms with E-state index in [-0.39, 0.29) is 11.1 Å².